The third-order valence-corrected chi connectivity index (χ3v) is 8.29. The van der Waals surface area contributed by atoms with Gasteiger partial charge >= 0.3 is 0 Å². The zero-order chi connectivity index (χ0) is 19.4. The van der Waals surface area contributed by atoms with Gasteiger partial charge in [0.05, 0.1) is 0 Å². The highest BCUT2D eigenvalue weighted by Gasteiger charge is 2.50. The standard InChI is InChI=1S/C27H44/c1-20(2)10-8-12-22(4)25-17-18-26-24(14-9-19-27(25,26)5)16-15-23-13-7-6-11-21(23)3/h15-16,20,22,25-26H,3,6-14,17-19H2,1-2,4-5H3/b23-15+,24-16+/t22-,25-,26?,27-/m1/s1. The number of hydrogen-bond acceptors (Lipinski definition) is 0. The second kappa shape index (κ2) is 9.15. The van der Waals surface area contributed by atoms with E-state index in [0.29, 0.717) is 5.41 Å². The van der Waals surface area contributed by atoms with Crippen molar-refractivity contribution in [2.24, 2.45) is 29.1 Å². The molecule has 3 saturated carbocycles. The molecule has 0 heteroatoms. The maximum atomic E-state index is 4.32. The summed E-state index contributed by atoms with van der Waals surface area (Å²) < 4.78 is 0. The molecule has 0 N–H and O–H groups in total. The van der Waals surface area contributed by atoms with Crippen molar-refractivity contribution in [3.8, 4) is 0 Å². The van der Waals surface area contributed by atoms with E-state index in [9.17, 15) is 0 Å². The van der Waals surface area contributed by atoms with Crippen molar-refractivity contribution < 1.29 is 0 Å². The van der Waals surface area contributed by atoms with Crippen LogP contribution in [0, 0.1) is 29.1 Å². The molecule has 0 aromatic rings. The molecule has 0 saturated heterocycles. The van der Waals surface area contributed by atoms with Gasteiger partial charge in [-0.2, -0.15) is 0 Å². The Balaban J connectivity index is 1.69. The van der Waals surface area contributed by atoms with Gasteiger partial charge in [-0.15, -0.1) is 0 Å². The van der Waals surface area contributed by atoms with Crippen molar-refractivity contribution in [1.29, 1.82) is 0 Å². The van der Waals surface area contributed by atoms with Gasteiger partial charge in [0, 0.05) is 0 Å². The van der Waals surface area contributed by atoms with Gasteiger partial charge in [0.15, 0.2) is 0 Å². The maximum absolute atomic E-state index is 4.32. The van der Waals surface area contributed by atoms with Crippen LogP contribution in [0.1, 0.15) is 105 Å². The summed E-state index contributed by atoms with van der Waals surface area (Å²) in [6.45, 7) is 14.3. The minimum atomic E-state index is 0.559. The fourth-order valence-corrected chi connectivity index (χ4v) is 6.66. The van der Waals surface area contributed by atoms with E-state index in [1.54, 1.807) is 5.57 Å². The highest BCUT2D eigenvalue weighted by molar-refractivity contribution is 5.35. The molecule has 27 heavy (non-hydrogen) atoms. The van der Waals surface area contributed by atoms with Crippen LogP contribution in [0.3, 0.4) is 0 Å². The molecule has 0 radical (unpaired) electrons. The van der Waals surface area contributed by atoms with Crippen molar-refractivity contribution in [3.63, 3.8) is 0 Å². The first-order valence-electron chi connectivity index (χ1n) is 12.0. The van der Waals surface area contributed by atoms with E-state index in [4.69, 9.17) is 0 Å². The van der Waals surface area contributed by atoms with Crippen molar-refractivity contribution in [3.05, 3.63) is 35.5 Å². The lowest BCUT2D eigenvalue weighted by Gasteiger charge is -2.44. The van der Waals surface area contributed by atoms with Crippen LogP contribution in [-0.4, -0.2) is 0 Å². The summed E-state index contributed by atoms with van der Waals surface area (Å²) >= 11 is 0. The first kappa shape index (κ1) is 20.9. The van der Waals surface area contributed by atoms with Crippen molar-refractivity contribution in [2.45, 2.75) is 105 Å². The Morgan fingerprint density at radius 3 is 2.52 bits per heavy atom. The molecule has 0 nitrogen and oxygen atoms in total. The normalized spacial score (nSPS) is 35.8. The van der Waals surface area contributed by atoms with E-state index in [1.807, 2.05) is 0 Å². The van der Waals surface area contributed by atoms with Gasteiger partial charge in [-0.05, 0) is 92.4 Å². The molecule has 0 spiro atoms. The Bertz CT molecular complexity index is 575. The Hall–Kier alpha value is -0.780. The minimum absolute atomic E-state index is 0.559. The second-order valence-electron chi connectivity index (χ2n) is 10.6. The summed E-state index contributed by atoms with van der Waals surface area (Å²) in [5, 5.41) is 0. The number of allylic oxidation sites excluding steroid dienone is 5. The first-order chi connectivity index (χ1) is 12.9. The predicted octanol–water partition coefficient (Wildman–Crippen LogP) is 8.65. The molecule has 0 amide bonds. The minimum Gasteiger partial charge on any atom is -0.0956 e. The molecule has 3 fully saturated rings. The highest BCUT2D eigenvalue weighted by atomic mass is 14.5. The lowest BCUT2D eigenvalue weighted by Crippen LogP contribution is -2.36. The molecule has 0 aliphatic heterocycles. The topological polar surface area (TPSA) is 0 Å². The molecule has 0 heterocycles. The Labute approximate surface area is 169 Å². The third-order valence-electron chi connectivity index (χ3n) is 8.29. The molecule has 0 aromatic heterocycles. The highest BCUT2D eigenvalue weighted by Crippen LogP contribution is 2.59. The van der Waals surface area contributed by atoms with Crippen LogP contribution in [0.15, 0.2) is 35.5 Å². The van der Waals surface area contributed by atoms with Gasteiger partial charge < -0.3 is 0 Å². The summed E-state index contributed by atoms with van der Waals surface area (Å²) in [7, 11) is 0. The van der Waals surface area contributed by atoms with Gasteiger partial charge in [-0.1, -0.05) is 76.8 Å². The van der Waals surface area contributed by atoms with Crippen molar-refractivity contribution in [2.75, 3.05) is 0 Å². The van der Waals surface area contributed by atoms with Gasteiger partial charge in [0.2, 0.25) is 0 Å². The van der Waals surface area contributed by atoms with Crippen LogP contribution in [0.2, 0.25) is 0 Å². The van der Waals surface area contributed by atoms with Crippen LogP contribution in [0.25, 0.3) is 0 Å². The average Bonchev–Trinajstić information content (AvgIpc) is 2.98. The molecular formula is C27H44. The van der Waals surface area contributed by atoms with E-state index in [2.05, 4.69) is 46.4 Å². The number of hydrogen-bond donors (Lipinski definition) is 0. The smallest absolute Gasteiger partial charge is 0.0143 e. The Morgan fingerprint density at radius 1 is 1.00 bits per heavy atom. The lowest BCUT2D eigenvalue weighted by molar-refractivity contribution is 0.0929. The van der Waals surface area contributed by atoms with Gasteiger partial charge in [0.1, 0.15) is 0 Å². The van der Waals surface area contributed by atoms with Crippen molar-refractivity contribution >= 4 is 0 Å². The second-order valence-corrected chi connectivity index (χ2v) is 10.6. The van der Waals surface area contributed by atoms with Gasteiger partial charge in [-0.3, -0.25) is 0 Å². The fourth-order valence-electron chi connectivity index (χ4n) is 6.66. The van der Waals surface area contributed by atoms with E-state index < -0.39 is 0 Å². The largest absolute Gasteiger partial charge is 0.0956 e. The summed E-state index contributed by atoms with van der Waals surface area (Å²) in [5.74, 6) is 3.54. The van der Waals surface area contributed by atoms with E-state index in [0.717, 1.165) is 23.7 Å². The zero-order valence-electron chi connectivity index (χ0n) is 18.7. The summed E-state index contributed by atoms with van der Waals surface area (Å²) in [5.41, 5.74) is 5.27. The van der Waals surface area contributed by atoms with E-state index in [-0.39, 0.29) is 0 Å². The molecule has 4 atom stereocenters. The summed E-state index contributed by atoms with van der Waals surface area (Å²) in [4.78, 5) is 0. The third kappa shape index (κ3) is 4.80. The molecule has 3 aliphatic carbocycles. The molecule has 3 rings (SSSR count). The molecular weight excluding hydrogens is 324 g/mol. The van der Waals surface area contributed by atoms with Crippen LogP contribution in [0.4, 0.5) is 0 Å². The van der Waals surface area contributed by atoms with Crippen LogP contribution >= 0.6 is 0 Å². The fraction of sp³-hybridized carbons (Fsp3) is 0.778. The van der Waals surface area contributed by atoms with E-state index >= 15 is 0 Å². The lowest BCUT2D eigenvalue weighted by atomic mass is 9.60. The Kier molecular flexibility index (Phi) is 7.09. The van der Waals surface area contributed by atoms with Gasteiger partial charge in [0.25, 0.3) is 0 Å². The molecule has 0 bridgehead atoms. The quantitative estimate of drug-likeness (QED) is 0.440. The maximum Gasteiger partial charge on any atom is -0.0143 e. The van der Waals surface area contributed by atoms with Crippen LogP contribution < -0.4 is 0 Å². The van der Waals surface area contributed by atoms with Crippen LogP contribution in [0.5, 0.6) is 0 Å². The molecule has 152 valence electrons. The molecule has 3 aliphatic rings. The monoisotopic (exact) mass is 368 g/mol. The number of rotatable bonds is 6. The number of fused-ring (bicyclic) bond motifs is 1. The SMILES string of the molecule is C=C1CCCC/C1=C\C=C1/CCC[C@@]2(C)C1CC[C@@H]2[C@H](C)CCCC(C)C. The van der Waals surface area contributed by atoms with Crippen molar-refractivity contribution in [1.82, 2.24) is 0 Å². The molecule has 0 aromatic carbocycles. The summed E-state index contributed by atoms with van der Waals surface area (Å²) in [6.07, 6.45) is 21.5. The molecule has 1 unspecified atom stereocenters. The van der Waals surface area contributed by atoms with E-state index in [1.165, 1.54) is 88.2 Å². The summed E-state index contributed by atoms with van der Waals surface area (Å²) in [6, 6.07) is 0. The Morgan fingerprint density at radius 2 is 1.78 bits per heavy atom. The van der Waals surface area contributed by atoms with Gasteiger partial charge in [-0.25, -0.2) is 0 Å². The zero-order valence-corrected chi connectivity index (χ0v) is 18.7. The predicted molar refractivity (Wildman–Crippen MR) is 120 cm³/mol. The van der Waals surface area contributed by atoms with Crippen LogP contribution in [-0.2, 0) is 0 Å². The first-order valence-corrected chi connectivity index (χ1v) is 12.0. The average molecular weight is 369 g/mol.